The van der Waals surface area contributed by atoms with Gasteiger partial charge in [0.05, 0.1) is 0 Å². The smallest absolute Gasteiger partial charge is 0.387 e. The lowest BCUT2D eigenvalue weighted by Gasteiger charge is -2.19. The third-order valence-corrected chi connectivity index (χ3v) is 3.17. The largest absolute Gasteiger partial charge is 0.434 e. The van der Waals surface area contributed by atoms with Gasteiger partial charge in [0.1, 0.15) is 11.6 Å². The summed E-state index contributed by atoms with van der Waals surface area (Å²) in [4.78, 5) is 4.25. The first kappa shape index (κ1) is 14.5. The molecule has 0 fully saturated rings. The minimum absolute atomic E-state index is 0.147. The fraction of sp³-hybridized carbons (Fsp3) is 0.357. The van der Waals surface area contributed by atoms with Gasteiger partial charge in [0.25, 0.3) is 0 Å². The summed E-state index contributed by atoms with van der Waals surface area (Å²) < 4.78 is 31.4. The van der Waals surface area contributed by atoms with E-state index in [0.29, 0.717) is 12.0 Å². The molecule has 0 aliphatic heterocycles. The summed E-state index contributed by atoms with van der Waals surface area (Å²) in [7, 11) is 3.68. The second kappa shape index (κ2) is 6.47. The monoisotopic (exact) mass is 281 g/mol. The Morgan fingerprint density at radius 1 is 1.35 bits per heavy atom. The van der Waals surface area contributed by atoms with E-state index in [0.717, 1.165) is 5.82 Å². The van der Waals surface area contributed by atoms with Crippen molar-refractivity contribution in [1.82, 2.24) is 14.9 Å². The van der Waals surface area contributed by atoms with Crippen LogP contribution in [0.4, 0.5) is 8.78 Å². The molecule has 1 aromatic heterocycles. The topological polar surface area (TPSA) is 39.1 Å². The fourth-order valence-electron chi connectivity index (χ4n) is 2.11. The van der Waals surface area contributed by atoms with E-state index in [1.54, 1.807) is 37.5 Å². The average Bonchev–Trinajstić information content (AvgIpc) is 2.82. The van der Waals surface area contributed by atoms with Crippen LogP contribution in [0.2, 0.25) is 0 Å². The van der Waals surface area contributed by atoms with E-state index in [2.05, 4.69) is 15.0 Å². The highest BCUT2D eigenvalue weighted by atomic mass is 19.3. The van der Waals surface area contributed by atoms with Gasteiger partial charge in [-0.2, -0.15) is 8.78 Å². The van der Waals surface area contributed by atoms with Crippen molar-refractivity contribution in [2.75, 3.05) is 7.05 Å². The van der Waals surface area contributed by atoms with Crippen LogP contribution in [0.3, 0.4) is 0 Å². The maximum atomic E-state index is 12.5. The van der Waals surface area contributed by atoms with Crippen LogP contribution in [0.25, 0.3) is 0 Å². The quantitative estimate of drug-likeness (QED) is 0.884. The third-order valence-electron chi connectivity index (χ3n) is 3.17. The van der Waals surface area contributed by atoms with Gasteiger partial charge in [-0.3, -0.25) is 0 Å². The van der Waals surface area contributed by atoms with E-state index in [9.17, 15) is 8.78 Å². The van der Waals surface area contributed by atoms with Gasteiger partial charge in [-0.1, -0.05) is 18.2 Å². The zero-order valence-electron chi connectivity index (χ0n) is 11.4. The Bertz CT molecular complexity index is 557. The number of hydrogen-bond acceptors (Lipinski definition) is 3. The van der Waals surface area contributed by atoms with Crippen molar-refractivity contribution >= 4 is 0 Å². The molecule has 2 aromatic rings. The number of alkyl halides is 2. The van der Waals surface area contributed by atoms with Crippen LogP contribution < -0.4 is 10.1 Å². The molecule has 1 unspecified atom stereocenters. The molecule has 0 amide bonds. The van der Waals surface area contributed by atoms with Crippen molar-refractivity contribution in [3.05, 3.63) is 48.0 Å². The third kappa shape index (κ3) is 3.33. The Kier molecular flexibility index (Phi) is 4.68. The summed E-state index contributed by atoms with van der Waals surface area (Å²) >= 11 is 0. The standard InChI is InChI=1S/C14H17F2N3O/c1-17-11(9-13-18-7-8-19(13)2)10-5-3-4-6-12(10)20-14(15)16/h3-8,11,14,17H,9H2,1-2H3. The number of nitrogens with one attached hydrogen (secondary N) is 1. The van der Waals surface area contributed by atoms with Crippen LogP contribution in [0.5, 0.6) is 5.75 Å². The number of benzene rings is 1. The molecule has 108 valence electrons. The number of aryl methyl sites for hydroxylation is 1. The molecule has 1 heterocycles. The number of ether oxygens (including phenoxy) is 1. The van der Waals surface area contributed by atoms with Gasteiger partial charge in [-0.25, -0.2) is 4.98 Å². The highest BCUT2D eigenvalue weighted by Gasteiger charge is 2.18. The summed E-state index contributed by atoms with van der Waals surface area (Å²) in [6.07, 6.45) is 4.15. The molecule has 1 aromatic carbocycles. The molecule has 1 atom stereocenters. The summed E-state index contributed by atoms with van der Waals surface area (Å²) in [6.45, 7) is -2.83. The van der Waals surface area contributed by atoms with E-state index in [1.807, 2.05) is 17.8 Å². The van der Waals surface area contributed by atoms with Crippen LogP contribution in [0.15, 0.2) is 36.7 Å². The molecule has 1 N–H and O–H groups in total. The SMILES string of the molecule is CNC(Cc1nccn1C)c1ccccc1OC(F)F. The predicted octanol–water partition coefficient (Wildman–Crippen LogP) is 2.52. The highest BCUT2D eigenvalue weighted by Crippen LogP contribution is 2.28. The van der Waals surface area contributed by atoms with Crippen molar-refractivity contribution in [3.8, 4) is 5.75 Å². The number of likely N-dealkylation sites (N-methyl/N-ethyl adjacent to an activating group) is 1. The maximum Gasteiger partial charge on any atom is 0.387 e. The summed E-state index contributed by atoms with van der Waals surface area (Å²) in [5, 5.41) is 3.12. The Labute approximate surface area is 116 Å². The van der Waals surface area contributed by atoms with Crippen LogP contribution in [-0.4, -0.2) is 23.2 Å². The van der Waals surface area contributed by atoms with Gasteiger partial charge in [-0.05, 0) is 13.1 Å². The molecular weight excluding hydrogens is 264 g/mol. The van der Waals surface area contributed by atoms with Crippen molar-refractivity contribution < 1.29 is 13.5 Å². The number of hydrogen-bond donors (Lipinski definition) is 1. The van der Waals surface area contributed by atoms with Crippen molar-refractivity contribution in [2.45, 2.75) is 19.1 Å². The molecule has 4 nitrogen and oxygen atoms in total. The van der Waals surface area contributed by atoms with Crippen LogP contribution in [-0.2, 0) is 13.5 Å². The number of aromatic nitrogens is 2. The first-order valence-electron chi connectivity index (χ1n) is 6.29. The number of halogens is 2. The molecule has 0 bridgehead atoms. The Balaban J connectivity index is 2.25. The summed E-state index contributed by atoms with van der Waals surface area (Å²) in [6, 6.07) is 6.66. The van der Waals surface area contributed by atoms with Crippen LogP contribution in [0.1, 0.15) is 17.4 Å². The lowest BCUT2D eigenvalue weighted by molar-refractivity contribution is -0.0507. The number of rotatable bonds is 6. The second-order valence-electron chi connectivity index (χ2n) is 4.42. The number of nitrogens with zero attached hydrogens (tertiary/aromatic N) is 2. The minimum atomic E-state index is -2.83. The maximum absolute atomic E-state index is 12.5. The van der Waals surface area contributed by atoms with Crippen LogP contribution >= 0.6 is 0 Å². The van der Waals surface area contributed by atoms with Gasteiger partial charge < -0.3 is 14.6 Å². The van der Waals surface area contributed by atoms with Crippen molar-refractivity contribution in [1.29, 1.82) is 0 Å². The molecule has 20 heavy (non-hydrogen) atoms. The van der Waals surface area contributed by atoms with E-state index in [-0.39, 0.29) is 11.8 Å². The number of imidazole rings is 1. The molecule has 0 aliphatic carbocycles. The van der Waals surface area contributed by atoms with Crippen molar-refractivity contribution in [2.24, 2.45) is 7.05 Å². The zero-order chi connectivity index (χ0) is 14.5. The first-order chi connectivity index (χ1) is 9.61. The van der Waals surface area contributed by atoms with Gasteiger partial charge >= 0.3 is 6.61 Å². The molecule has 0 spiro atoms. The lowest BCUT2D eigenvalue weighted by Crippen LogP contribution is -2.21. The van der Waals surface area contributed by atoms with E-state index in [1.165, 1.54) is 0 Å². The molecule has 0 saturated carbocycles. The Hall–Kier alpha value is -1.95. The van der Waals surface area contributed by atoms with Crippen LogP contribution in [0, 0.1) is 0 Å². The molecule has 2 rings (SSSR count). The fourth-order valence-corrected chi connectivity index (χ4v) is 2.11. The van der Waals surface area contributed by atoms with E-state index < -0.39 is 6.61 Å². The Morgan fingerprint density at radius 2 is 2.10 bits per heavy atom. The van der Waals surface area contributed by atoms with Gasteiger partial charge in [0, 0.05) is 37.5 Å². The molecule has 0 saturated heterocycles. The van der Waals surface area contributed by atoms with Crippen molar-refractivity contribution in [3.63, 3.8) is 0 Å². The summed E-state index contributed by atoms with van der Waals surface area (Å²) in [5.41, 5.74) is 0.693. The van der Waals surface area contributed by atoms with E-state index >= 15 is 0 Å². The first-order valence-corrected chi connectivity index (χ1v) is 6.29. The minimum Gasteiger partial charge on any atom is -0.434 e. The van der Waals surface area contributed by atoms with Gasteiger partial charge in [0.2, 0.25) is 0 Å². The molecular formula is C14H17F2N3O. The molecule has 0 radical (unpaired) electrons. The highest BCUT2D eigenvalue weighted by molar-refractivity contribution is 5.36. The van der Waals surface area contributed by atoms with E-state index in [4.69, 9.17) is 0 Å². The average molecular weight is 281 g/mol. The predicted molar refractivity (Wildman–Crippen MR) is 71.8 cm³/mol. The molecule has 0 aliphatic rings. The lowest BCUT2D eigenvalue weighted by atomic mass is 10.0. The molecule has 6 heteroatoms. The summed E-state index contributed by atoms with van der Waals surface area (Å²) in [5.74, 6) is 1.06. The Morgan fingerprint density at radius 3 is 2.70 bits per heavy atom. The zero-order valence-corrected chi connectivity index (χ0v) is 11.4. The second-order valence-corrected chi connectivity index (χ2v) is 4.42. The number of para-hydroxylation sites is 1. The normalized spacial score (nSPS) is 12.7. The van der Waals surface area contributed by atoms with Gasteiger partial charge in [-0.15, -0.1) is 0 Å². The van der Waals surface area contributed by atoms with Gasteiger partial charge in [0.15, 0.2) is 0 Å².